The van der Waals surface area contributed by atoms with Crippen LogP contribution in [0, 0.1) is 0 Å². The molecule has 0 aliphatic carbocycles. The van der Waals surface area contributed by atoms with Gasteiger partial charge in [0, 0.05) is 31.9 Å². The Bertz CT molecular complexity index is 428. The second-order valence-corrected chi connectivity index (χ2v) is 5.20. The van der Waals surface area contributed by atoms with Crippen LogP contribution in [0.4, 0.5) is 10.5 Å². The highest BCUT2D eigenvalue weighted by molar-refractivity contribution is 5.73. The highest BCUT2D eigenvalue weighted by Gasteiger charge is 2.10. The van der Waals surface area contributed by atoms with Gasteiger partial charge in [0.1, 0.15) is 0 Å². The summed E-state index contributed by atoms with van der Waals surface area (Å²) in [5.41, 5.74) is 2.48. The van der Waals surface area contributed by atoms with Gasteiger partial charge in [-0.3, -0.25) is 0 Å². The molecule has 2 amide bonds. The fourth-order valence-electron chi connectivity index (χ4n) is 2.32. The van der Waals surface area contributed by atoms with Crippen molar-refractivity contribution in [3.63, 3.8) is 0 Å². The van der Waals surface area contributed by atoms with Gasteiger partial charge in [-0.1, -0.05) is 19.1 Å². The van der Waals surface area contributed by atoms with Crippen molar-refractivity contribution in [3.8, 4) is 0 Å². The Kier molecular flexibility index (Phi) is 6.34. The zero-order valence-electron chi connectivity index (χ0n) is 12.7. The molecular formula is C16H25N3O2. The number of morpholine rings is 1. The first-order chi connectivity index (χ1) is 10.3. The van der Waals surface area contributed by atoms with E-state index in [2.05, 4.69) is 39.8 Å². The van der Waals surface area contributed by atoms with Crippen LogP contribution in [-0.4, -0.2) is 45.4 Å². The first-order valence-corrected chi connectivity index (χ1v) is 7.73. The number of nitrogens with one attached hydrogen (secondary N) is 2. The summed E-state index contributed by atoms with van der Waals surface area (Å²) in [6.07, 6.45) is 1.80. The Morgan fingerprint density at radius 2 is 1.81 bits per heavy atom. The number of amides is 2. The molecule has 0 saturated carbocycles. The van der Waals surface area contributed by atoms with Crippen molar-refractivity contribution in [1.82, 2.24) is 10.6 Å². The van der Waals surface area contributed by atoms with Crippen LogP contribution >= 0.6 is 0 Å². The fraction of sp³-hybridized carbons (Fsp3) is 0.562. The van der Waals surface area contributed by atoms with E-state index < -0.39 is 0 Å². The molecule has 2 rings (SSSR count). The average molecular weight is 291 g/mol. The number of hydrogen-bond donors (Lipinski definition) is 2. The maximum Gasteiger partial charge on any atom is 0.314 e. The number of anilines is 1. The van der Waals surface area contributed by atoms with Gasteiger partial charge in [-0.25, -0.2) is 4.79 Å². The van der Waals surface area contributed by atoms with E-state index in [1.165, 1.54) is 11.3 Å². The Morgan fingerprint density at radius 1 is 1.14 bits per heavy atom. The summed E-state index contributed by atoms with van der Waals surface area (Å²) in [7, 11) is 0. The van der Waals surface area contributed by atoms with Crippen molar-refractivity contribution in [2.45, 2.75) is 19.8 Å². The lowest BCUT2D eigenvalue weighted by Gasteiger charge is -2.28. The van der Waals surface area contributed by atoms with Crippen molar-refractivity contribution >= 4 is 11.7 Å². The third-order valence-electron chi connectivity index (χ3n) is 3.55. The Morgan fingerprint density at radius 3 is 2.48 bits per heavy atom. The fourth-order valence-corrected chi connectivity index (χ4v) is 2.32. The Balaban J connectivity index is 1.73. The van der Waals surface area contributed by atoms with E-state index in [0.29, 0.717) is 6.54 Å². The molecule has 1 aromatic carbocycles. The molecule has 0 unspecified atom stereocenters. The molecule has 1 fully saturated rings. The van der Waals surface area contributed by atoms with Crippen molar-refractivity contribution in [2.24, 2.45) is 0 Å². The third-order valence-corrected chi connectivity index (χ3v) is 3.55. The maximum atomic E-state index is 11.4. The number of benzene rings is 1. The van der Waals surface area contributed by atoms with Gasteiger partial charge in [-0.15, -0.1) is 0 Å². The van der Waals surface area contributed by atoms with Crippen molar-refractivity contribution < 1.29 is 9.53 Å². The van der Waals surface area contributed by atoms with E-state index in [1.807, 2.05) is 6.92 Å². The van der Waals surface area contributed by atoms with Crippen LogP contribution in [0.25, 0.3) is 0 Å². The van der Waals surface area contributed by atoms with Crippen LogP contribution in [-0.2, 0) is 11.2 Å². The normalized spacial score (nSPS) is 14.8. The number of carbonyl (C=O) groups excluding carboxylic acids is 1. The minimum absolute atomic E-state index is 0.0817. The number of hydrogen-bond acceptors (Lipinski definition) is 3. The number of nitrogens with zero attached hydrogens (tertiary/aromatic N) is 1. The van der Waals surface area contributed by atoms with Crippen molar-refractivity contribution in [2.75, 3.05) is 44.3 Å². The lowest BCUT2D eigenvalue weighted by molar-refractivity contribution is 0.122. The minimum atomic E-state index is -0.0817. The molecule has 2 N–H and O–H groups in total. The molecule has 1 aliphatic rings. The average Bonchev–Trinajstić information content (AvgIpc) is 2.54. The van der Waals surface area contributed by atoms with Crippen LogP contribution in [0.2, 0.25) is 0 Å². The minimum Gasteiger partial charge on any atom is -0.378 e. The van der Waals surface area contributed by atoms with Gasteiger partial charge in [0.2, 0.25) is 0 Å². The molecule has 0 atom stereocenters. The monoisotopic (exact) mass is 291 g/mol. The standard InChI is InChI=1S/C16H25N3O2/c1-2-8-17-16(20)18-9-7-14-3-5-15(6-4-14)19-10-12-21-13-11-19/h3-6H,2,7-13H2,1H3,(H2,17,18,20). The van der Waals surface area contributed by atoms with E-state index in [9.17, 15) is 4.79 Å². The van der Waals surface area contributed by atoms with Crippen molar-refractivity contribution in [3.05, 3.63) is 29.8 Å². The zero-order chi connectivity index (χ0) is 14.9. The topological polar surface area (TPSA) is 53.6 Å². The van der Waals surface area contributed by atoms with Crippen LogP contribution < -0.4 is 15.5 Å². The van der Waals surface area contributed by atoms with E-state index in [0.717, 1.165) is 45.7 Å². The molecule has 5 heteroatoms. The quantitative estimate of drug-likeness (QED) is 0.840. The summed E-state index contributed by atoms with van der Waals surface area (Å²) in [5, 5.41) is 5.67. The second kappa shape index (κ2) is 8.52. The van der Waals surface area contributed by atoms with Crippen LogP contribution in [0.1, 0.15) is 18.9 Å². The SMILES string of the molecule is CCCNC(=O)NCCc1ccc(N2CCOCC2)cc1. The molecule has 0 bridgehead atoms. The Hall–Kier alpha value is -1.75. The zero-order valence-corrected chi connectivity index (χ0v) is 12.7. The van der Waals surface area contributed by atoms with Gasteiger partial charge in [-0.2, -0.15) is 0 Å². The van der Waals surface area contributed by atoms with Gasteiger partial charge < -0.3 is 20.3 Å². The molecule has 0 radical (unpaired) electrons. The van der Waals surface area contributed by atoms with Gasteiger partial charge in [0.05, 0.1) is 13.2 Å². The molecular weight excluding hydrogens is 266 g/mol. The highest BCUT2D eigenvalue weighted by Crippen LogP contribution is 2.16. The molecule has 1 heterocycles. The first kappa shape index (κ1) is 15.6. The van der Waals surface area contributed by atoms with Crippen LogP contribution in [0.5, 0.6) is 0 Å². The number of ether oxygens (including phenoxy) is 1. The molecule has 1 aromatic rings. The summed E-state index contributed by atoms with van der Waals surface area (Å²) in [6.45, 7) is 6.94. The second-order valence-electron chi connectivity index (χ2n) is 5.20. The molecule has 116 valence electrons. The maximum absolute atomic E-state index is 11.4. The van der Waals surface area contributed by atoms with Crippen LogP contribution in [0.3, 0.4) is 0 Å². The molecule has 1 saturated heterocycles. The van der Waals surface area contributed by atoms with Crippen LogP contribution in [0.15, 0.2) is 24.3 Å². The molecule has 0 aromatic heterocycles. The van der Waals surface area contributed by atoms with Gasteiger partial charge in [0.25, 0.3) is 0 Å². The summed E-state index contributed by atoms with van der Waals surface area (Å²) in [6, 6.07) is 8.49. The first-order valence-electron chi connectivity index (χ1n) is 7.73. The molecule has 0 spiro atoms. The predicted molar refractivity (Wildman–Crippen MR) is 84.9 cm³/mol. The summed E-state index contributed by atoms with van der Waals surface area (Å²) in [5.74, 6) is 0. The van der Waals surface area contributed by atoms with E-state index in [-0.39, 0.29) is 6.03 Å². The predicted octanol–water partition coefficient (Wildman–Crippen LogP) is 1.77. The largest absolute Gasteiger partial charge is 0.378 e. The van der Waals surface area contributed by atoms with E-state index in [4.69, 9.17) is 4.74 Å². The lowest BCUT2D eigenvalue weighted by atomic mass is 10.1. The van der Waals surface area contributed by atoms with Crippen molar-refractivity contribution in [1.29, 1.82) is 0 Å². The smallest absolute Gasteiger partial charge is 0.314 e. The number of urea groups is 1. The van der Waals surface area contributed by atoms with Gasteiger partial charge in [0.15, 0.2) is 0 Å². The number of rotatable bonds is 6. The Labute approximate surface area is 126 Å². The highest BCUT2D eigenvalue weighted by atomic mass is 16.5. The van der Waals surface area contributed by atoms with E-state index in [1.54, 1.807) is 0 Å². The summed E-state index contributed by atoms with van der Waals surface area (Å²) >= 11 is 0. The summed E-state index contributed by atoms with van der Waals surface area (Å²) in [4.78, 5) is 13.7. The summed E-state index contributed by atoms with van der Waals surface area (Å²) < 4.78 is 5.36. The lowest BCUT2D eigenvalue weighted by Crippen LogP contribution is -2.37. The molecule has 21 heavy (non-hydrogen) atoms. The third kappa shape index (κ3) is 5.27. The van der Waals surface area contributed by atoms with Gasteiger partial charge in [-0.05, 0) is 30.5 Å². The molecule has 1 aliphatic heterocycles. The van der Waals surface area contributed by atoms with E-state index >= 15 is 0 Å². The molecule has 5 nitrogen and oxygen atoms in total. The number of carbonyl (C=O) groups is 1. The van der Waals surface area contributed by atoms with Gasteiger partial charge >= 0.3 is 6.03 Å².